The highest BCUT2D eigenvalue weighted by Gasteiger charge is 2.14. The zero-order valence-corrected chi connectivity index (χ0v) is 8.23. The van der Waals surface area contributed by atoms with Crippen molar-refractivity contribution >= 4 is 11.7 Å². The van der Waals surface area contributed by atoms with E-state index >= 15 is 0 Å². The third-order valence-corrected chi connectivity index (χ3v) is 2.43. The van der Waals surface area contributed by atoms with E-state index in [1.165, 1.54) is 19.8 Å². The van der Waals surface area contributed by atoms with Crippen LogP contribution in [0, 0.1) is 0 Å². The molecule has 1 saturated heterocycles. The number of Topliss-reactive ketones (excluding diaryl/α,β-unsaturated/α-hetero) is 1. The first-order valence-electron chi connectivity index (χ1n) is 4.85. The van der Waals surface area contributed by atoms with Crippen LogP contribution in [0.5, 0.6) is 0 Å². The number of ketones is 1. The number of aromatic nitrogens is 2. The van der Waals surface area contributed by atoms with Gasteiger partial charge in [0, 0.05) is 25.5 Å². The standard InChI is InChI=1S/C10H13N3O/c1-8(14)9-6-11-10(12-7-9)13-4-2-3-5-13/h6-7H,2-5H2,1H3. The SMILES string of the molecule is CC(=O)c1cnc(N2CCCC2)nc1. The maximum Gasteiger partial charge on any atom is 0.225 e. The summed E-state index contributed by atoms with van der Waals surface area (Å²) in [5, 5.41) is 0. The van der Waals surface area contributed by atoms with Gasteiger partial charge in [-0.05, 0) is 19.8 Å². The Bertz CT molecular complexity index is 328. The second kappa shape index (κ2) is 3.74. The molecule has 14 heavy (non-hydrogen) atoms. The summed E-state index contributed by atoms with van der Waals surface area (Å²) in [6.07, 6.45) is 5.61. The van der Waals surface area contributed by atoms with Gasteiger partial charge in [0.25, 0.3) is 0 Å². The maximum atomic E-state index is 11.0. The van der Waals surface area contributed by atoms with Crippen LogP contribution in [0.1, 0.15) is 30.1 Å². The molecule has 0 unspecified atom stereocenters. The molecule has 1 aromatic rings. The lowest BCUT2D eigenvalue weighted by atomic mass is 10.2. The fourth-order valence-electron chi connectivity index (χ4n) is 1.58. The second-order valence-electron chi connectivity index (χ2n) is 3.52. The van der Waals surface area contributed by atoms with Gasteiger partial charge in [-0.25, -0.2) is 9.97 Å². The lowest BCUT2D eigenvalue weighted by Gasteiger charge is -2.14. The van der Waals surface area contributed by atoms with Crippen molar-refractivity contribution in [2.45, 2.75) is 19.8 Å². The van der Waals surface area contributed by atoms with E-state index in [-0.39, 0.29) is 5.78 Å². The van der Waals surface area contributed by atoms with Crippen LogP contribution in [0.3, 0.4) is 0 Å². The lowest BCUT2D eigenvalue weighted by Crippen LogP contribution is -2.20. The number of nitrogens with zero attached hydrogens (tertiary/aromatic N) is 3. The highest BCUT2D eigenvalue weighted by atomic mass is 16.1. The lowest BCUT2D eigenvalue weighted by molar-refractivity contribution is 0.101. The first kappa shape index (κ1) is 9.12. The molecular weight excluding hydrogens is 178 g/mol. The maximum absolute atomic E-state index is 11.0. The van der Waals surface area contributed by atoms with E-state index in [0.29, 0.717) is 5.56 Å². The predicted molar refractivity (Wildman–Crippen MR) is 53.5 cm³/mol. The minimum Gasteiger partial charge on any atom is -0.341 e. The average Bonchev–Trinajstić information content (AvgIpc) is 2.71. The quantitative estimate of drug-likeness (QED) is 0.660. The summed E-state index contributed by atoms with van der Waals surface area (Å²) in [4.78, 5) is 21.5. The van der Waals surface area contributed by atoms with Crippen LogP contribution in [0.4, 0.5) is 5.95 Å². The number of hydrogen-bond acceptors (Lipinski definition) is 4. The highest BCUT2D eigenvalue weighted by Crippen LogP contribution is 2.14. The Hall–Kier alpha value is -1.45. The van der Waals surface area contributed by atoms with E-state index in [1.54, 1.807) is 12.4 Å². The molecule has 1 fully saturated rings. The fourth-order valence-corrected chi connectivity index (χ4v) is 1.58. The first-order valence-corrected chi connectivity index (χ1v) is 4.85. The molecule has 74 valence electrons. The van der Waals surface area contributed by atoms with Gasteiger partial charge >= 0.3 is 0 Å². The average molecular weight is 191 g/mol. The number of anilines is 1. The summed E-state index contributed by atoms with van der Waals surface area (Å²) in [7, 11) is 0. The summed E-state index contributed by atoms with van der Waals surface area (Å²) in [6, 6.07) is 0. The van der Waals surface area contributed by atoms with E-state index in [0.717, 1.165) is 19.0 Å². The van der Waals surface area contributed by atoms with Crippen molar-refractivity contribution in [3.8, 4) is 0 Å². The molecule has 4 heteroatoms. The number of rotatable bonds is 2. The molecule has 0 bridgehead atoms. The molecule has 2 heterocycles. The van der Waals surface area contributed by atoms with Gasteiger partial charge in [-0.15, -0.1) is 0 Å². The largest absolute Gasteiger partial charge is 0.341 e. The molecule has 0 amide bonds. The Labute approximate surface area is 83.0 Å². The molecule has 0 N–H and O–H groups in total. The van der Waals surface area contributed by atoms with Gasteiger partial charge in [-0.2, -0.15) is 0 Å². The van der Waals surface area contributed by atoms with E-state index < -0.39 is 0 Å². The Morgan fingerprint density at radius 2 is 1.86 bits per heavy atom. The molecule has 0 radical (unpaired) electrons. The van der Waals surface area contributed by atoms with Crippen LogP contribution in [0.2, 0.25) is 0 Å². The molecule has 0 aliphatic carbocycles. The van der Waals surface area contributed by atoms with Crippen LogP contribution in [0.15, 0.2) is 12.4 Å². The van der Waals surface area contributed by atoms with Crippen molar-refractivity contribution in [3.63, 3.8) is 0 Å². The zero-order valence-electron chi connectivity index (χ0n) is 8.23. The van der Waals surface area contributed by atoms with Crippen LogP contribution in [-0.4, -0.2) is 28.8 Å². The molecule has 0 spiro atoms. The zero-order chi connectivity index (χ0) is 9.97. The van der Waals surface area contributed by atoms with Crippen molar-refractivity contribution in [1.29, 1.82) is 0 Å². The van der Waals surface area contributed by atoms with Crippen LogP contribution < -0.4 is 4.90 Å². The van der Waals surface area contributed by atoms with Crippen molar-refractivity contribution in [1.82, 2.24) is 9.97 Å². The Morgan fingerprint density at radius 1 is 1.29 bits per heavy atom. The van der Waals surface area contributed by atoms with E-state index in [4.69, 9.17) is 0 Å². The fraction of sp³-hybridized carbons (Fsp3) is 0.500. The molecule has 4 nitrogen and oxygen atoms in total. The van der Waals surface area contributed by atoms with Crippen molar-refractivity contribution in [3.05, 3.63) is 18.0 Å². The van der Waals surface area contributed by atoms with Gasteiger partial charge in [0.05, 0.1) is 5.56 Å². The van der Waals surface area contributed by atoms with Crippen LogP contribution >= 0.6 is 0 Å². The van der Waals surface area contributed by atoms with Gasteiger partial charge in [-0.3, -0.25) is 4.79 Å². The van der Waals surface area contributed by atoms with E-state index in [9.17, 15) is 4.79 Å². The van der Waals surface area contributed by atoms with E-state index in [2.05, 4.69) is 14.9 Å². The number of carbonyl (C=O) groups excluding carboxylic acids is 1. The van der Waals surface area contributed by atoms with Gasteiger partial charge in [0.2, 0.25) is 5.95 Å². The van der Waals surface area contributed by atoms with Crippen molar-refractivity contribution < 1.29 is 4.79 Å². The molecule has 0 atom stereocenters. The molecular formula is C10H13N3O. The van der Waals surface area contributed by atoms with Crippen molar-refractivity contribution in [2.24, 2.45) is 0 Å². The summed E-state index contributed by atoms with van der Waals surface area (Å²) < 4.78 is 0. The summed E-state index contributed by atoms with van der Waals surface area (Å²) in [5.74, 6) is 0.755. The first-order chi connectivity index (χ1) is 6.77. The van der Waals surface area contributed by atoms with Gasteiger partial charge < -0.3 is 4.90 Å². The van der Waals surface area contributed by atoms with E-state index in [1.807, 2.05) is 0 Å². The van der Waals surface area contributed by atoms with Gasteiger partial charge in [0.15, 0.2) is 5.78 Å². The Balaban J connectivity index is 2.16. The van der Waals surface area contributed by atoms with Crippen molar-refractivity contribution in [2.75, 3.05) is 18.0 Å². The third-order valence-electron chi connectivity index (χ3n) is 2.43. The third kappa shape index (κ3) is 1.73. The molecule has 1 aromatic heterocycles. The van der Waals surface area contributed by atoms with Gasteiger partial charge in [-0.1, -0.05) is 0 Å². The summed E-state index contributed by atoms with van der Waals surface area (Å²) in [6.45, 7) is 3.58. The topological polar surface area (TPSA) is 46.1 Å². The van der Waals surface area contributed by atoms with Gasteiger partial charge in [0.1, 0.15) is 0 Å². The highest BCUT2D eigenvalue weighted by molar-refractivity contribution is 5.93. The summed E-state index contributed by atoms with van der Waals surface area (Å²) >= 11 is 0. The molecule has 2 rings (SSSR count). The molecule has 1 aliphatic heterocycles. The second-order valence-corrected chi connectivity index (χ2v) is 3.52. The molecule has 0 saturated carbocycles. The smallest absolute Gasteiger partial charge is 0.225 e. The minimum atomic E-state index is 0.0120. The number of hydrogen-bond donors (Lipinski definition) is 0. The Kier molecular flexibility index (Phi) is 2.43. The van der Waals surface area contributed by atoms with Crippen LogP contribution in [-0.2, 0) is 0 Å². The van der Waals surface area contributed by atoms with Crippen LogP contribution in [0.25, 0.3) is 0 Å². The monoisotopic (exact) mass is 191 g/mol. The number of carbonyl (C=O) groups is 1. The molecule has 0 aromatic carbocycles. The normalized spacial score (nSPS) is 15.9. The predicted octanol–water partition coefficient (Wildman–Crippen LogP) is 1.28. The minimum absolute atomic E-state index is 0.0120. The summed E-state index contributed by atoms with van der Waals surface area (Å²) in [5.41, 5.74) is 0.577. The molecule has 1 aliphatic rings. The Morgan fingerprint density at radius 3 is 2.36 bits per heavy atom.